The van der Waals surface area contributed by atoms with Gasteiger partial charge >= 0.3 is 5.92 Å². The van der Waals surface area contributed by atoms with Crippen LogP contribution in [0.1, 0.15) is 46.9 Å². The Labute approximate surface area is 170 Å². The summed E-state index contributed by atoms with van der Waals surface area (Å²) in [4.78, 5) is 39.4. The Morgan fingerprint density at radius 2 is 1.97 bits per heavy atom. The average molecular weight is 412 g/mol. The molecule has 0 fully saturated rings. The Hall–Kier alpha value is -3.74. The van der Waals surface area contributed by atoms with Crippen molar-refractivity contribution in [1.29, 1.82) is 5.26 Å². The molecule has 10 heteroatoms. The summed E-state index contributed by atoms with van der Waals surface area (Å²) < 4.78 is 30.2. The second kappa shape index (κ2) is 7.59. The zero-order chi connectivity index (χ0) is 22.2. The Bertz CT molecular complexity index is 1260. The van der Waals surface area contributed by atoms with E-state index >= 15 is 8.78 Å². The van der Waals surface area contributed by atoms with E-state index in [0.29, 0.717) is 22.3 Å². The van der Waals surface area contributed by atoms with E-state index < -0.39 is 29.0 Å². The number of amides is 1. The van der Waals surface area contributed by atoms with E-state index in [1.807, 2.05) is 6.07 Å². The molecule has 154 valence electrons. The topological polar surface area (TPSA) is 124 Å². The molecule has 0 spiro atoms. The summed E-state index contributed by atoms with van der Waals surface area (Å²) in [6.07, 6.45) is 2.65. The fourth-order valence-electron chi connectivity index (χ4n) is 3.44. The molecule has 0 bridgehead atoms. The maximum absolute atomic E-state index is 15.1. The number of nitrogens with one attached hydrogen (secondary N) is 2. The van der Waals surface area contributed by atoms with Gasteiger partial charge in [0.1, 0.15) is 6.07 Å². The second-order valence-corrected chi connectivity index (χ2v) is 6.88. The minimum Gasteiger partial charge on any atom is -0.342 e. The Morgan fingerprint density at radius 1 is 1.27 bits per heavy atom. The summed E-state index contributed by atoms with van der Waals surface area (Å²) in [6, 6.07) is 2.41. The van der Waals surface area contributed by atoms with E-state index in [4.69, 9.17) is 5.26 Å². The van der Waals surface area contributed by atoms with E-state index in [1.54, 1.807) is 13.8 Å². The number of aryl methyl sites for hydroxylation is 3. The molecule has 0 aromatic carbocycles. The lowest BCUT2D eigenvalue weighted by Gasteiger charge is -2.22. The number of halogens is 2. The predicted molar refractivity (Wildman–Crippen MR) is 104 cm³/mol. The van der Waals surface area contributed by atoms with Gasteiger partial charge < -0.3 is 10.3 Å². The van der Waals surface area contributed by atoms with Gasteiger partial charge in [-0.25, -0.2) is 4.98 Å². The fraction of sp³-hybridized carbons (Fsp3) is 0.300. The molecule has 0 aliphatic rings. The third-order valence-corrected chi connectivity index (χ3v) is 4.82. The van der Waals surface area contributed by atoms with Crippen molar-refractivity contribution in [1.82, 2.24) is 25.3 Å². The van der Waals surface area contributed by atoms with E-state index in [2.05, 4.69) is 25.3 Å². The van der Waals surface area contributed by atoms with Gasteiger partial charge in [-0.3, -0.25) is 19.6 Å². The smallest absolute Gasteiger partial charge is 0.342 e. The van der Waals surface area contributed by atoms with Crippen LogP contribution in [0.3, 0.4) is 0 Å². The third-order valence-electron chi connectivity index (χ3n) is 4.82. The van der Waals surface area contributed by atoms with Crippen molar-refractivity contribution in [2.45, 2.75) is 39.7 Å². The molecule has 3 heterocycles. The molecule has 0 aliphatic heterocycles. The second-order valence-electron chi connectivity index (χ2n) is 6.88. The summed E-state index contributed by atoms with van der Waals surface area (Å²) in [6.45, 7) is 6.01. The lowest BCUT2D eigenvalue weighted by Crippen LogP contribution is -2.43. The van der Waals surface area contributed by atoms with Gasteiger partial charge in [0.15, 0.2) is 5.69 Å². The van der Waals surface area contributed by atoms with Crippen molar-refractivity contribution in [2.24, 2.45) is 0 Å². The highest BCUT2D eigenvalue weighted by atomic mass is 19.3. The molecule has 0 saturated heterocycles. The molecule has 3 aromatic heterocycles. The van der Waals surface area contributed by atoms with Gasteiger partial charge in [0.25, 0.3) is 11.5 Å². The minimum atomic E-state index is -4.10. The van der Waals surface area contributed by atoms with Crippen LogP contribution >= 0.6 is 0 Å². The molecule has 3 rings (SSSR count). The maximum atomic E-state index is 15.1. The van der Waals surface area contributed by atoms with E-state index in [9.17, 15) is 9.59 Å². The molecule has 1 amide bonds. The van der Waals surface area contributed by atoms with Crippen LogP contribution in [-0.2, 0) is 10.7 Å². The number of aromatic nitrogens is 4. The first-order chi connectivity index (χ1) is 14.1. The zero-order valence-corrected chi connectivity index (χ0v) is 16.7. The first-order valence-electron chi connectivity index (χ1n) is 8.99. The van der Waals surface area contributed by atoms with Gasteiger partial charge in [-0.05, 0) is 39.3 Å². The molecule has 0 aliphatic carbocycles. The predicted octanol–water partition coefficient (Wildman–Crippen LogP) is 2.48. The first-order valence-corrected chi connectivity index (χ1v) is 8.99. The van der Waals surface area contributed by atoms with Crippen molar-refractivity contribution in [3.8, 4) is 6.07 Å². The van der Waals surface area contributed by atoms with E-state index in [1.165, 1.54) is 32.3 Å². The Kier molecular flexibility index (Phi) is 5.31. The molecule has 0 saturated carbocycles. The number of fused-ring (bicyclic) bond motifs is 1. The number of carbonyl (C=O) groups is 1. The third kappa shape index (κ3) is 3.50. The number of alkyl halides is 2. The van der Waals surface area contributed by atoms with Gasteiger partial charge in [0, 0.05) is 17.3 Å². The van der Waals surface area contributed by atoms with Crippen LogP contribution in [-0.4, -0.2) is 25.8 Å². The van der Waals surface area contributed by atoms with Gasteiger partial charge in [0.05, 0.1) is 34.7 Å². The molecule has 0 radical (unpaired) electrons. The van der Waals surface area contributed by atoms with E-state index in [0.717, 1.165) is 0 Å². The van der Waals surface area contributed by atoms with Gasteiger partial charge in [0.2, 0.25) is 0 Å². The van der Waals surface area contributed by atoms with Crippen molar-refractivity contribution >= 4 is 16.8 Å². The Morgan fingerprint density at radius 3 is 2.60 bits per heavy atom. The van der Waals surface area contributed by atoms with Crippen LogP contribution in [0.15, 0.2) is 23.3 Å². The minimum absolute atomic E-state index is 0.0125. The number of carbonyl (C=O) groups excluding carboxylic acids is 1. The number of hydrogen-bond acceptors (Lipinski definition) is 6. The summed E-state index contributed by atoms with van der Waals surface area (Å²) >= 11 is 0. The SMILES string of the molecule is Cc1nc(C#N)cnc1[C@H](C)NC(=O)C(F)(F)c1c(C)c2c(C)nccc2[nH]c1=O. The molecule has 1 atom stereocenters. The van der Waals surface area contributed by atoms with Crippen LogP contribution in [0.2, 0.25) is 0 Å². The number of nitriles is 1. The molecular formula is C20H18F2N6O2. The monoisotopic (exact) mass is 412 g/mol. The fourth-order valence-corrected chi connectivity index (χ4v) is 3.44. The van der Waals surface area contributed by atoms with Crippen LogP contribution in [0, 0.1) is 32.1 Å². The summed E-state index contributed by atoms with van der Waals surface area (Å²) in [5.41, 5.74) is -0.540. The highest BCUT2D eigenvalue weighted by Crippen LogP contribution is 2.32. The zero-order valence-electron chi connectivity index (χ0n) is 16.7. The standard InChI is InChI=1S/C20H18F2N6O2/c1-9-15-10(2)24-6-5-14(15)28-18(29)16(9)20(21,22)19(30)27-12(4)17-11(3)26-13(7-23)8-25-17/h5-6,8,12H,1-4H3,(H,27,30)(H,28,29)/t12-/m0/s1. The van der Waals surface area contributed by atoms with Crippen molar-refractivity contribution in [3.63, 3.8) is 0 Å². The van der Waals surface area contributed by atoms with Gasteiger partial charge in [-0.1, -0.05) is 0 Å². The molecule has 30 heavy (non-hydrogen) atoms. The number of nitrogens with zero attached hydrogens (tertiary/aromatic N) is 4. The Balaban J connectivity index is 1.99. The molecular weight excluding hydrogens is 394 g/mol. The van der Waals surface area contributed by atoms with Gasteiger partial charge in [-0.2, -0.15) is 14.0 Å². The van der Waals surface area contributed by atoms with Crippen molar-refractivity contribution in [3.05, 3.63) is 62.7 Å². The normalized spacial score (nSPS) is 12.4. The summed E-state index contributed by atoms with van der Waals surface area (Å²) in [7, 11) is 0. The summed E-state index contributed by atoms with van der Waals surface area (Å²) in [5, 5.41) is 11.4. The number of pyridine rings is 2. The van der Waals surface area contributed by atoms with Crippen LogP contribution in [0.5, 0.6) is 0 Å². The number of rotatable bonds is 4. The average Bonchev–Trinajstić information content (AvgIpc) is 2.67. The highest BCUT2D eigenvalue weighted by Gasteiger charge is 2.45. The van der Waals surface area contributed by atoms with Crippen LogP contribution < -0.4 is 10.9 Å². The largest absolute Gasteiger partial charge is 0.355 e. The number of aromatic amines is 1. The lowest BCUT2D eigenvalue weighted by atomic mass is 9.98. The quantitative estimate of drug-likeness (QED) is 0.678. The lowest BCUT2D eigenvalue weighted by molar-refractivity contribution is -0.148. The number of H-pyrrole nitrogens is 1. The van der Waals surface area contributed by atoms with E-state index in [-0.39, 0.29) is 17.0 Å². The van der Waals surface area contributed by atoms with Gasteiger partial charge in [-0.15, -0.1) is 0 Å². The number of hydrogen-bond donors (Lipinski definition) is 2. The maximum Gasteiger partial charge on any atom is 0.355 e. The first kappa shape index (κ1) is 21.0. The molecule has 0 unspecified atom stereocenters. The highest BCUT2D eigenvalue weighted by molar-refractivity contribution is 5.90. The van der Waals surface area contributed by atoms with Crippen LogP contribution in [0.4, 0.5) is 8.78 Å². The summed E-state index contributed by atoms with van der Waals surface area (Å²) in [5.74, 6) is -5.74. The van der Waals surface area contributed by atoms with Crippen molar-refractivity contribution < 1.29 is 13.6 Å². The molecule has 8 nitrogen and oxygen atoms in total. The van der Waals surface area contributed by atoms with Crippen molar-refractivity contribution in [2.75, 3.05) is 0 Å². The van der Waals surface area contributed by atoms with Crippen LogP contribution in [0.25, 0.3) is 10.9 Å². The molecule has 3 aromatic rings. The molecule has 2 N–H and O–H groups in total.